The molecule has 1 aliphatic rings. The lowest BCUT2D eigenvalue weighted by atomic mass is 9.96. The Hall–Kier alpha value is -2.56. The van der Waals surface area contributed by atoms with Gasteiger partial charge in [0, 0.05) is 31.4 Å². The maximum absolute atomic E-state index is 12.4. The topological polar surface area (TPSA) is 58.6 Å². The van der Waals surface area contributed by atoms with Gasteiger partial charge in [0.2, 0.25) is 5.91 Å². The minimum Gasteiger partial charge on any atom is -0.466 e. The van der Waals surface area contributed by atoms with Gasteiger partial charge in [-0.15, -0.1) is 0 Å². The monoisotopic (exact) mass is 342 g/mol. The number of carbonyl (C=O) groups excluding carboxylic acids is 2. The molecule has 0 unspecified atom stereocenters. The summed E-state index contributed by atoms with van der Waals surface area (Å²) in [6.07, 6.45) is 5.55. The van der Waals surface area contributed by atoms with Gasteiger partial charge in [-0.3, -0.25) is 4.79 Å². The summed E-state index contributed by atoms with van der Waals surface area (Å²) in [7, 11) is 1.34. The summed E-state index contributed by atoms with van der Waals surface area (Å²) in [4.78, 5) is 25.5. The van der Waals surface area contributed by atoms with Crippen LogP contribution in [0.1, 0.15) is 24.8 Å². The van der Waals surface area contributed by atoms with Crippen LogP contribution in [0.2, 0.25) is 0 Å². The molecule has 1 amide bonds. The van der Waals surface area contributed by atoms with E-state index in [2.05, 4.69) is 21.5 Å². The Bertz CT molecular complexity index is 625. The Morgan fingerprint density at radius 2 is 2.12 bits per heavy atom. The van der Waals surface area contributed by atoms with Gasteiger partial charge < -0.3 is 15.0 Å². The summed E-state index contributed by atoms with van der Waals surface area (Å²) in [5, 5.41) is 2.94. The molecule has 1 saturated heterocycles. The summed E-state index contributed by atoms with van der Waals surface area (Å²) < 4.78 is 4.52. The summed E-state index contributed by atoms with van der Waals surface area (Å²) in [6.45, 7) is 6.33. The Balaban J connectivity index is 1.80. The van der Waals surface area contributed by atoms with Crippen molar-refractivity contribution in [1.29, 1.82) is 0 Å². The highest BCUT2D eigenvalue weighted by molar-refractivity contribution is 5.81. The Morgan fingerprint density at radius 3 is 2.84 bits per heavy atom. The van der Waals surface area contributed by atoms with Crippen LogP contribution in [0.15, 0.2) is 49.1 Å². The molecule has 1 fully saturated rings. The van der Waals surface area contributed by atoms with Crippen molar-refractivity contribution < 1.29 is 14.3 Å². The number of amides is 1. The normalized spacial score (nSPS) is 17.3. The van der Waals surface area contributed by atoms with E-state index in [-0.39, 0.29) is 17.8 Å². The molecule has 1 aliphatic heterocycles. The number of esters is 1. The third kappa shape index (κ3) is 5.78. The minimum atomic E-state index is -0.381. The maximum atomic E-state index is 12.4. The fourth-order valence-corrected chi connectivity index (χ4v) is 2.92. The highest BCUT2D eigenvalue weighted by Gasteiger charge is 2.26. The van der Waals surface area contributed by atoms with E-state index in [0.717, 1.165) is 30.6 Å². The molecule has 1 aromatic rings. The third-order valence-corrected chi connectivity index (χ3v) is 4.35. The van der Waals surface area contributed by atoms with E-state index >= 15 is 0 Å². The molecule has 5 heteroatoms. The number of nitrogens with zero attached hydrogens (tertiary/aromatic N) is 1. The van der Waals surface area contributed by atoms with Gasteiger partial charge in [0.25, 0.3) is 0 Å². The lowest BCUT2D eigenvalue weighted by Gasteiger charge is -2.35. The number of hydrogen-bond donors (Lipinski definition) is 1. The quantitative estimate of drug-likeness (QED) is 0.470. The number of benzene rings is 1. The fourth-order valence-electron chi connectivity index (χ4n) is 2.92. The molecule has 0 bridgehead atoms. The van der Waals surface area contributed by atoms with E-state index < -0.39 is 0 Å². The van der Waals surface area contributed by atoms with Crippen molar-refractivity contribution in [2.24, 2.45) is 5.92 Å². The zero-order chi connectivity index (χ0) is 18.1. The standard InChI is InChI=1S/C20H26N2O3/c1-16(17-9-4-3-5-10-17)22-14-8-11-18(15-22)20(24)21-13-7-6-12-19(23)25-2/h3-6,9-10,12,18H,1,7-8,11,13-15H2,2H3,(H,21,24)/b12-6+/t18-/m0/s1. The van der Waals surface area contributed by atoms with Gasteiger partial charge in [-0.05, 0) is 24.8 Å². The van der Waals surface area contributed by atoms with Crippen LogP contribution in [0.25, 0.3) is 5.70 Å². The number of hydrogen-bond acceptors (Lipinski definition) is 4. The molecule has 0 aromatic heterocycles. The van der Waals surface area contributed by atoms with E-state index in [1.54, 1.807) is 6.08 Å². The largest absolute Gasteiger partial charge is 0.466 e. The molecular weight excluding hydrogens is 316 g/mol. The van der Waals surface area contributed by atoms with Crippen LogP contribution in [-0.2, 0) is 14.3 Å². The Labute approximate surface area is 149 Å². The molecule has 0 spiro atoms. The van der Waals surface area contributed by atoms with Gasteiger partial charge in [-0.25, -0.2) is 4.79 Å². The van der Waals surface area contributed by atoms with Crippen molar-refractivity contribution in [3.8, 4) is 0 Å². The molecule has 1 heterocycles. The second-order valence-corrected chi connectivity index (χ2v) is 6.10. The van der Waals surface area contributed by atoms with Crippen molar-refractivity contribution in [3.63, 3.8) is 0 Å². The van der Waals surface area contributed by atoms with Crippen LogP contribution in [0.5, 0.6) is 0 Å². The van der Waals surface area contributed by atoms with Gasteiger partial charge >= 0.3 is 5.97 Å². The molecule has 25 heavy (non-hydrogen) atoms. The van der Waals surface area contributed by atoms with Gasteiger partial charge in [0.05, 0.1) is 13.0 Å². The average Bonchev–Trinajstić information content (AvgIpc) is 2.67. The molecule has 1 N–H and O–H groups in total. The van der Waals surface area contributed by atoms with Crippen molar-refractivity contribution in [3.05, 3.63) is 54.6 Å². The Kier molecular flexibility index (Phi) is 7.26. The Morgan fingerprint density at radius 1 is 1.36 bits per heavy atom. The van der Waals surface area contributed by atoms with Gasteiger partial charge in [-0.1, -0.05) is 43.0 Å². The summed E-state index contributed by atoms with van der Waals surface area (Å²) >= 11 is 0. The first-order chi connectivity index (χ1) is 12.1. The molecule has 0 saturated carbocycles. The molecule has 134 valence electrons. The van der Waals surface area contributed by atoms with E-state index in [0.29, 0.717) is 19.5 Å². The zero-order valence-corrected chi connectivity index (χ0v) is 14.7. The maximum Gasteiger partial charge on any atom is 0.330 e. The van der Waals surface area contributed by atoms with Crippen molar-refractivity contribution in [2.45, 2.75) is 19.3 Å². The zero-order valence-electron chi connectivity index (χ0n) is 14.7. The van der Waals surface area contributed by atoms with Gasteiger partial charge in [-0.2, -0.15) is 0 Å². The first kappa shape index (κ1) is 18.8. The van der Waals surface area contributed by atoms with Crippen LogP contribution in [-0.4, -0.2) is 43.5 Å². The smallest absolute Gasteiger partial charge is 0.330 e. The van der Waals surface area contributed by atoms with E-state index in [4.69, 9.17) is 0 Å². The molecule has 1 atom stereocenters. The first-order valence-electron chi connectivity index (χ1n) is 8.63. The summed E-state index contributed by atoms with van der Waals surface area (Å²) in [5.74, 6) is -0.343. The highest BCUT2D eigenvalue weighted by Crippen LogP contribution is 2.24. The highest BCUT2D eigenvalue weighted by atomic mass is 16.5. The van der Waals surface area contributed by atoms with E-state index in [9.17, 15) is 9.59 Å². The number of carbonyl (C=O) groups is 2. The van der Waals surface area contributed by atoms with Crippen LogP contribution in [0.3, 0.4) is 0 Å². The number of nitrogens with one attached hydrogen (secondary N) is 1. The minimum absolute atomic E-state index is 0.0289. The average molecular weight is 342 g/mol. The predicted molar refractivity (Wildman–Crippen MR) is 98.6 cm³/mol. The van der Waals surface area contributed by atoms with Crippen molar-refractivity contribution in [2.75, 3.05) is 26.7 Å². The number of ether oxygens (including phenoxy) is 1. The van der Waals surface area contributed by atoms with Crippen LogP contribution in [0.4, 0.5) is 0 Å². The molecule has 1 aromatic carbocycles. The lowest BCUT2D eigenvalue weighted by molar-refractivity contribution is -0.134. The number of likely N-dealkylation sites (tertiary alicyclic amines) is 1. The van der Waals surface area contributed by atoms with Crippen molar-refractivity contribution in [1.82, 2.24) is 10.2 Å². The first-order valence-corrected chi connectivity index (χ1v) is 8.63. The second-order valence-electron chi connectivity index (χ2n) is 6.10. The van der Waals surface area contributed by atoms with E-state index in [1.165, 1.54) is 13.2 Å². The molecule has 2 rings (SSSR count). The molecule has 0 radical (unpaired) electrons. The van der Waals surface area contributed by atoms with Crippen LogP contribution >= 0.6 is 0 Å². The van der Waals surface area contributed by atoms with Gasteiger partial charge in [0.1, 0.15) is 0 Å². The second kappa shape index (κ2) is 9.67. The van der Waals surface area contributed by atoms with Crippen molar-refractivity contribution >= 4 is 17.6 Å². The summed E-state index contributed by atoms with van der Waals surface area (Å²) in [6, 6.07) is 10.1. The molecule has 0 aliphatic carbocycles. The number of methoxy groups -OCH3 is 1. The predicted octanol–water partition coefficient (Wildman–Crippen LogP) is 2.60. The lowest BCUT2D eigenvalue weighted by Crippen LogP contribution is -2.42. The molecule has 5 nitrogen and oxygen atoms in total. The van der Waals surface area contributed by atoms with E-state index in [1.807, 2.05) is 30.3 Å². The fraction of sp³-hybridized carbons (Fsp3) is 0.400. The van der Waals surface area contributed by atoms with Gasteiger partial charge in [0.15, 0.2) is 0 Å². The third-order valence-electron chi connectivity index (χ3n) is 4.35. The van der Waals surface area contributed by atoms with Crippen LogP contribution < -0.4 is 5.32 Å². The number of rotatable bonds is 7. The summed E-state index contributed by atoms with van der Waals surface area (Å²) in [5.41, 5.74) is 2.07. The molecular formula is C20H26N2O3. The van der Waals surface area contributed by atoms with Crippen LogP contribution in [0, 0.1) is 5.92 Å². The number of piperidine rings is 1. The SMILES string of the molecule is C=C(c1ccccc1)N1CCC[C@H](C(=O)NCC/C=C/C(=O)OC)C1.